The van der Waals surface area contributed by atoms with Crippen molar-refractivity contribution in [2.45, 2.75) is 19.9 Å². The molecule has 0 bridgehead atoms. The summed E-state index contributed by atoms with van der Waals surface area (Å²) in [6.07, 6.45) is 1.19. The number of sulfonamides is 1. The van der Waals surface area contributed by atoms with Gasteiger partial charge in [-0.3, -0.25) is 0 Å². The van der Waals surface area contributed by atoms with Gasteiger partial charge in [0.2, 0.25) is 10.0 Å². The Bertz CT molecular complexity index is 201. The minimum atomic E-state index is -3.08. The molecule has 0 N–H and O–H groups in total. The van der Waals surface area contributed by atoms with Crippen molar-refractivity contribution < 1.29 is 8.42 Å². The molecular formula is C6H14ClNO2S. The molecule has 3 nitrogen and oxygen atoms in total. The molecule has 0 spiro atoms. The van der Waals surface area contributed by atoms with E-state index in [1.165, 1.54) is 10.6 Å². The van der Waals surface area contributed by atoms with E-state index in [4.69, 9.17) is 11.6 Å². The van der Waals surface area contributed by atoms with Crippen LogP contribution in [0.3, 0.4) is 0 Å². The minimum absolute atomic E-state index is 0.0104. The summed E-state index contributed by atoms with van der Waals surface area (Å²) in [6, 6.07) is -0.0104. The Kier molecular flexibility index (Phi) is 4.36. The van der Waals surface area contributed by atoms with E-state index in [0.29, 0.717) is 12.4 Å². The lowest BCUT2D eigenvalue weighted by atomic mass is 10.4. The van der Waals surface area contributed by atoms with E-state index in [1.54, 1.807) is 0 Å². The molecule has 0 aromatic carbocycles. The highest BCUT2D eigenvalue weighted by Crippen LogP contribution is 2.04. The molecular weight excluding hydrogens is 186 g/mol. The third kappa shape index (κ3) is 3.94. The van der Waals surface area contributed by atoms with Crippen LogP contribution in [0.4, 0.5) is 0 Å². The lowest BCUT2D eigenvalue weighted by Gasteiger charge is -2.22. The molecule has 0 unspecified atom stereocenters. The molecule has 0 fully saturated rings. The summed E-state index contributed by atoms with van der Waals surface area (Å²) in [7, 11) is -3.08. The van der Waals surface area contributed by atoms with Crippen molar-refractivity contribution in [2.24, 2.45) is 0 Å². The van der Waals surface area contributed by atoms with E-state index in [-0.39, 0.29) is 6.04 Å². The van der Waals surface area contributed by atoms with Crippen molar-refractivity contribution in [3.8, 4) is 0 Å². The molecule has 0 atom stereocenters. The highest BCUT2D eigenvalue weighted by molar-refractivity contribution is 7.88. The van der Waals surface area contributed by atoms with Gasteiger partial charge < -0.3 is 0 Å². The van der Waals surface area contributed by atoms with Crippen LogP contribution >= 0.6 is 11.6 Å². The van der Waals surface area contributed by atoms with Crippen LogP contribution in [-0.4, -0.2) is 37.4 Å². The van der Waals surface area contributed by atoms with E-state index in [2.05, 4.69) is 0 Å². The molecule has 0 rings (SSSR count). The zero-order valence-electron chi connectivity index (χ0n) is 7.04. The van der Waals surface area contributed by atoms with Crippen LogP contribution in [0.5, 0.6) is 0 Å². The van der Waals surface area contributed by atoms with Crippen LogP contribution in [0.15, 0.2) is 0 Å². The lowest BCUT2D eigenvalue weighted by molar-refractivity contribution is 0.374. The summed E-state index contributed by atoms with van der Waals surface area (Å²) in [5.41, 5.74) is 0. The molecule has 11 heavy (non-hydrogen) atoms. The van der Waals surface area contributed by atoms with Crippen molar-refractivity contribution in [3.05, 3.63) is 0 Å². The second-order valence-corrected chi connectivity index (χ2v) is 4.97. The molecule has 0 heterocycles. The average molecular weight is 200 g/mol. The van der Waals surface area contributed by atoms with E-state index in [0.717, 1.165) is 0 Å². The fourth-order valence-electron chi connectivity index (χ4n) is 0.890. The van der Waals surface area contributed by atoms with Gasteiger partial charge in [0, 0.05) is 18.5 Å². The van der Waals surface area contributed by atoms with Gasteiger partial charge in [0.25, 0.3) is 0 Å². The van der Waals surface area contributed by atoms with Crippen LogP contribution in [0.2, 0.25) is 0 Å². The Labute approximate surface area is 73.4 Å². The average Bonchev–Trinajstić information content (AvgIpc) is 1.79. The number of nitrogens with zero attached hydrogens (tertiary/aromatic N) is 1. The van der Waals surface area contributed by atoms with Gasteiger partial charge in [-0.15, -0.1) is 11.6 Å². The molecule has 68 valence electrons. The van der Waals surface area contributed by atoms with Crippen LogP contribution in [0.25, 0.3) is 0 Å². The molecule has 0 aliphatic rings. The van der Waals surface area contributed by atoms with Crippen LogP contribution in [0, 0.1) is 0 Å². The summed E-state index contributed by atoms with van der Waals surface area (Å²) in [4.78, 5) is 0. The molecule has 0 aliphatic carbocycles. The second kappa shape index (κ2) is 4.28. The van der Waals surface area contributed by atoms with Crippen LogP contribution in [0.1, 0.15) is 13.8 Å². The van der Waals surface area contributed by atoms with Crippen molar-refractivity contribution in [1.82, 2.24) is 4.31 Å². The van der Waals surface area contributed by atoms with Crippen molar-refractivity contribution >= 4 is 21.6 Å². The van der Waals surface area contributed by atoms with Gasteiger partial charge in [-0.2, -0.15) is 4.31 Å². The van der Waals surface area contributed by atoms with E-state index in [9.17, 15) is 8.42 Å². The highest BCUT2D eigenvalue weighted by atomic mass is 35.5. The van der Waals surface area contributed by atoms with Crippen molar-refractivity contribution in [3.63, 3.8) is 0 Å². The van der Waals surface area contributed by atoms with Gasteiger partial charge >= 0.3 is 0 Å². The summed E-state index contributed by atoms with van der Waals surface area (Å²) in [6.45, 7) is 4.04. The summed E-state index contributed by atoms with van der Waals surface area (Å²) < 4.78 is 23.4. The molecule has 0 saturated carbocycles. The zero-order valence-corrected chi connectivity index (χ0v) is 8.61. The Hall–Kier alpha value is 0.200. The van der Waals surface area contributed by atoms with Crippen LogP contribution in [-0.2, 0) is 10.0 Å². The molecule has 5 heteroatoms. The fourth-order valence-corrected chi connectivity index (χ4v) is 2.36. The van der Waals surface area contributed by atoms with Gasteiger partial charge in [0.1, 0.15) is 0 Å². The Balaban J connectivity index is 4.36. The van der Waals surface area contributed by atoms with Crippen molar-refractivity contribution in [2.75, 3.05) is 18.7 Å². The maximum Gasteiger partial charge on any atom is 0.211 e. The maximum absolute atomic E-state index is 11.0. The maximum atomic E-state index is 11.0. The SMILES string of the molecule is CC(C)N(CCCl)S(C)(=O)=O. The minimum Gasteiger partial charge on any atom is -0.212 e. The Morgan fingerprint density at radius 2 is 1.91 bits per heavy atom. The predicted molar refractivity (Wildman–Crippen MR) is 47.4 cm³/mol. The first-order valence-corrected chi connectivity index (χ1v) is 5.80. The summed E-state index contributed by atoms with van der Waals surface area (Å²) >= 11 is 5.44. The van der Waals surface area contributed by atoms with E-state index >= 15 is 0 Å². The Morgan fingerprint density at radius 3 is 2.00 bits per heavy atom. The van der Waals surface area contributed by atoms with Gasteiger partial charge in [-0.05, 0) is 13.8 Å². The molecule has 0 aromatic rings. The third-order valence-corrected chi connectivity index (χ3v) is 2.93. The smallest absolute Gasteiger partial charge is 0.211 e. The standard InChI is InChI=1S/C6H14ClNO2S/c1-6(2)8(5-4-7)11(3,9)10/h6H,4-5H2,1-3H3. The summed E-state index contributed by atoms with van der Waals surface area (Å²) in [5.74, 6) is 0.339. The number of rotatable bonds is 4. The topological polar surface area (TPSA) is 37.4 Å². The van der Waals surface area contributed by atoms with Gasteiger partial charge in [-0.25, -0.2) is 8.42 Å². The van der Waals surface area contributed by atoms with E-state index in [1.807, 2.05) is 13.8 Å². The normalized spacial score (nSPS) is 12.9. The van der Waals surface area contributed by atoms with Gasteiger partial charge in [-0.1, -0.05) is 0 Å². The first-order chi connectivity index (χ1) is 4.89. The van der Waals surface area contributed by atoms with Crippen LogP contribution < -0.4 is 0 Å². The third-order valence-electron chi connectivity index (χ3n) is 1.31. The quantitative estimate of drug-likeness (QED) is 0.631. The lowest BCUT2D eigenvalue weighted by Crippen LogP contribution is -2.37. The summed E-state index contributed by atoms with van der Waals surface area (Å²) in [5, 5.41) is 0. The van der Waals surface area contributed by atoms with Gasteiger partial charge in [0.05, 0.1) is 6.26 Å². The number of hydrogen-bond acceptors (Lipinski definition) is 2. The fraction of sp³-hybridized carbons (Fsp3) is 1.00. The molecule has 0 saturated heterocycles. The first kappa shape index (κ1) is 11.2. The first-order valence-electron chi connectivity index (χ1n) is 3.42. The number of alkyl halides is 1. The predicted octanol–water partition coefficient (Wildman–Crippen LogP) is 0.895. The number of halogens is 1. The molecule has 0 amide bonds. The van der Waals surface area contributed by atoms with Gasteiger partial charge in [0.15, 0.2) is 0 Å². The zero-order chi connectivity index (χ0) is 9.07. The molecule has 0 radical (unpaired) electrons. The molecule has 0 aromatic heterocycles. The largest absolute Gasteiger partial charge is 0.212 e. The van der Waals surface area contributed by atoms with E-state index < -0.39 is 10.0 Å². The Morgan fingerprint density at radius 1 is 1.45 bits per heavy atom. The monoisotopic (exact) mass is 199 g/mol. The second-order valence-electron chi connectivity index (χ2n) is 2.66. The molecule has 0 aliphatic heterocycles. The van der Waals surface area contributed by atoms with Crippen molar-refractivity contribution in [1.29, 1.82) is 0 Å². The number of hydrogen-bond donors (Lipinski definition) is 0. The highest BCUT2D eigenvalue weighted by Gasteiger charge is 2.18.